The molecule has 0 radical (unpaired) electrons. The second-order valence-electron chi connectivity index (χ2n) is 8.02. The molecule has 4 rings (SSSR count). The van der Waals surface area contributed by atoms with Gasteiger partial charge in [-0.15, -0.1) is 0 Å². The molecule has 1 amide bonds. The van der Waals surface area contributed by atoms with Crippen molar-refractivity contribution in [3.8, 4) is 5.75 Å². The average molecular weight is 509 g/mol. The smallest absolute Gasteiger partial charge is 0.416 e. The van der Waals surface area contributed by atoms with Crippen LogP contribution in [0.4, 0.5) is 13.2 Å². The number of imidazole rings is 1. The van der Waals surface area contributed by atoms with Crippen LogP contribution in [-0.4, -0.2) is 40.2 Å². The van der Waals surface area contributed by atoms with Crippen molar-refractivity contribution in [2.24, 2.45) is 0 Å². The Bertz CT molecular complexity index is 1260. The lowest BCUT2D eigenvalue weighted by atomic mass is 10.1. The van der Waals surface area contributed by atoms with E-state index in [-0.39, 0.29) is 19.7 Å². The molecule has 186 valence electrons. The average Bonchev–Trinajstić information content (AvgIpc) is 3.54. The number of ether oxygens (including phenoxy) is 1. The Hall–Kier alpha value is -3.38. The summed E-state index contributed by atoms with van der Waals surface area (Å²) in [7, 11) is -3.88. The molecule has 1 N–H and O–H groups in total. The van der Waals surface area contributed by atoms with Crippen molar-refractivity contribution in [1.29, 1.82) is 0 Å². The minimum Gasteiger partial charge on any atom is -0.489 e. The monoisotopic (exact) mass is 508 g/mol. The zero-order chi connectivity index (χ0) is 25.1. The number of benzene rings is 2. The molecule has 0 unspecified atom stereocenters. The summed E-state index contributed by atoms with van der Waals surface area (Å²) in [4.78, 5) is 16.5. The lowest BCUT2D eigenvalue weighted by molar-refractivity contribution is -0.137. The number of nitrogens with one attached hydrogen (secondary N) is 1. The minimum atomic E-state index is -4.39. The van der Waals surface area contributed by atoms with E-state index in [1.165, 1.54) is 35.2 Å². The molecule has 1 saturated heterocycles. The predicted octanol–water partition coefficient (Wildman–Crippen LogP) is 3.35. The van der Waals surface area contributed by atoms with Gasteiger partial charge in [0, 0.05) is 25.5 Å². The Morgan fingerprint density at radius 1 is 1.14 bits per heavy atom. The molecule has 1 atom stereocenters. The summed E-state index contributed by atoms with van der Waals surface area (Å²) >= 11 is 0. The third-order valence-corrected chi connectivity index (χ3v) is 7.38. The van der Waals surface area contributed by atoms with Crippen LogP contribution in [0.5, 0.6) is 5.75 Å². The van der Waals surface area contributed by atoms with Crippen molar-refractivity contribution in [3.63, 3.8) is 0 Å². The highest BCUT2D eigenvalue weighted by Crippen LogP contribution is 2.29. The summed E-state index contributed by atoms with van der Waals surface area (Å²) in [6.45, 7) is 0.481. The molecule has 0 aliphatic carbocycles. The van der Waals surface area contributed by atoms with Crippen LogP contribution < -0.4 is 10.1 Å². The van der Waals surface area contributed by atoms with Gasteiger partial charge < -0.3 is 10.1 Å². The van der Waals surface area contributed by atoms with Crippen molar-refractivity contribution in [2.45, 2.75) is 38.2 Å². The van der Waals surface area contributed by atoms with E-state index in [9.17, 15) is 26.4 Å². The fourth-order valence-corrected chi connectivity index (χ4v) is 5.30. The maximum atomic E-state index is 12.8. The summed E-state index contributed by atoms with van der Waals surface area (Å²) < 4.78 is 71.5. The molecule has 8 nitrogen and oxygen atoms in total. The van der Waals surface area contributed by atoms with Gasteiger partial charge in [0.2, 0.25) is 5.91 Å². The summed E-state index contributed by atoms with van der Waals surface area (Å²) in [5.74, 6) is 0.0871. The number of amides is 1. The molecule has 2 heterocycles. The van der Waals surface area contributed by atoms with Gasteiger partial charge in [-0.2, -0.15) is 25.9 Å². The zero-order valence-electron chi connectivity index (χ0n) is 18.5. The van der Waals surface area contributed by atoms with Crippen molar-refractivity contribution in [1.82, 2.24) is 18.6 Å². The van der Waals surface area contributed by atoms with Crippen LogP contribution in [0.25, 0.3) is 0 Å². The van der Waals surface area contributed by atoms with Crippen molar-refractivity contribution in [3.05, 3.63) is 83.9 Å². The molecule has 35 heavy (non-hydrogen) atoms. The molecule has 1 aliphatic rings. The highest BCUT2D eigenvalue weighted by atomic mass is 32.2. The highest BCUT2D eigenvalue weighted by molar-refractivity contribution is 7.87. The van der Waals surface area contributed by atoms with E-state index in [0.717, 1.165) is 21.7 Å². The van der Waals surface area contributed by atoms with Gasteiger partial charge in [0.05, 0.1) is 5.56 Å². The number of carbonyl (C=O) groups excluding carboxylic acids is 1. The Balaban J connectivity index is 1.33. The zero-order valence-corrected chi connectivity index (χ0v) is 19.3. The van der Waals surface area contributed by atoms with E-state index in [2.05, 4.69) is 10.3 Å². The highest BCUT2D eigenvalue weighted by Gasteiger charge is 2.39. The van der Waals surface area contributed by atoms with E-state index < -0.39 is 33.9 Å². The number of nitrogens with zero attached hydrogens (tertiary/aromatic N) is 3. The molecule has 0 bridgehead atoms. The molecule has 0 saturated carbocycles. The second kappa shape index (κ2) is 10.1. The first kappa shape index (κ1) is 24.7. The van der Waals surface area contributed by atoms with Crippen LogP contribution in [0.3, 0.4) is 0 Å². The van der Waals surface area contributed by atoms with Gasteiger partial charge in [-0.1, -0.05) is 24.3 Å². The lowest BCUT2D eigenvalue weighted by Crippen LogP contribution is -2.47. The summed E-state index contributed by atoms with van der Waals surface area (Å²) in [5, 5.41) is 2.78. The van der Waals surface area contributed by atoms with E-state index in [1.54, 1.807) is 24.3 Å². The Kier molecular flexibility index (Phi) is 7.13. The van der Waals surface area contributed by atoms with Crippen LogP contribution in [0, 0.1) is 0 Å². The van der Waals surface area contributed by atoms with Crippen molar-refractivity contribution in [2.75, 3.05) is 6.54 Å². The first-order chi connectivity index (χ1) is 16.6. The van der Waals surface area contributed by atoms with Gasteiger partial charge in [0.15, 0.2) is 0 Å². The SMILES string of the molecule is O=C(NCc1cccc(OCc2ccc(C(F)(F)F)cc2)c1)[C@@H]1CCCN1S(=O)(=O)n1ccnc1. The third kappa shape index (κ3) is 5.82. The minimum absolute atomic E-state index is 0.0804. The van der Waals surface area contributed by atoms with E-state index in [0.29, 0.717) is 24.2 Å². The Morgan fingerprint density at radius 3 is 2.60 bits per heavy atom. The molecule has 1 aromatic heterocycles. The predicted molar refractivity (Wildman–Crippen MR) is 120 cm³/mol. The number of aromatic nitrogens is 2. The van der Waals surface area contributed by atoms with Crippen LogP contribution >= 0.6 is 0 Å². The summed E-state index contributed by atoms with van der Waals surface area (Å²) in [5.41, 5.74) is 0.583. The number of hydrogen-bond donors (Lipinski definition) is 1. The molecule has 2 aromatic carbocycles. The van der Waals surface area contributed by atoms with Gasteiger partial charge in [-0.05, 0) is 48.2 Å². The molecule has 1 aliphatic heterocycles. The van der Waals surface area contributed by atoms with Gasteiger partial charge in [0.25, 0.3) is 0 Å². The van der Waals surface area contributed by atoms with E-state index in [4.69, 9.17) is 4.74 Å². The third-order valence-electron chi connectivity index (χ3n) is 5.60. The van der Waals surface area contributed by atoms with Gasteiger partial charge in [-0.25, -0.2) is 8.96 Å². The number of carbonyl (C=O) groups is 1. The number of alkyl halides is 3. The van der Waals surface area contributed by atoms with E-state index >= 15 is 0 Å². The first-order valence-corrected chi connectivity index (χ1v) is 12.2. The topological polar surface area (TPSA) is 93.5 Å². The number of hydrogen-bond acceptors (Lipinski definition) is 5. The standard InChI is InChI=1S/C23H23F3N4O4S/c24-23(25,26)19-8-6-17(7-9-19)15-34-20-4-1-3-18(13-20)14-28-22(31)21-5-2-11-30(21)35(32,33)29-12-10-27-16-29/h1,3-4,6-10,12-13,16,21H,2,5,11,14-15H2,(H,28,31)/t21-/m0/s1. The van der Waals surface area contributed by atoms with Crippen LogP contribution in [0.15, 0.2) is 67.3 Å². The molecular formula is C23H23F3N4O4S. The normalized spacial score (nSPS) is 16.8. The molecule has 0 spiro atoms. The molecular weight excluding hydrogens is 485 g/mol. The summed E-state index contributed by atoms with van der Waals surface area (Å²) in [6.07, 6.45) is 0.444. The van der Waals surface area contributed by atoms with Crippen LogP contribution in [0.1, 0.15) is 29.5 Å². The number of halogens is 3. The second-order valence-corrected chi connectivity index (χ2v) is 9.80. The van der Waals surface area contributed by atoms with Gasteiger partial charge in [-0.3, -0.25) is 4.79 Å². The lowest BCUT2D eigenvalue weighted by Gasteiger charge is -2.23. The Morgan fingerprint density at radius 2 is 1.91 bits per heavy atom. The van der Waals surface area contributed by atoms with Gasteiger partial charge >= 0.3 is 16.4 Å². The van der Waals surface area contributed by atoms with Crippen LogP contribution in [0.2, 0.25) is 0 Å². The fraction of sp³-hybridized carbons (Fsp3) is 0.304. The fourth-order valence-electron chi connectivity index (χ4n) is 3.79. The molecule has 3 aromatic rings. The summed E-state index contributed by atoms with van der Waals surface area (Å²) in [6, 6.07) is 10.8. The van der Waals surface area contributed by atoms with E-state index in [1.807, 2.05) is 0 Å². The Labute approximate surface area is 200 Å². The largest absolute Gasteiger partial charge is 0.489 e. The van der Waals surface area contributed by atoms with Crippen molar-refractivity contribution >= 4 is 16.1 Å². The maximum Gasteiger partial charge on any atom is 0.416 e. The number of rotatable bonds is 8. The van der Waals surface area contributed by atoms with Crippen LogP contribution in [-0.2, 0) is 34.3 Å². The van der Waals surface area contributed by atoms with Gasteiger partial charge in [0.1, 0.15) is 24.7 Å². The first-order valence-electron chi connectivity index (χ1n) is 10.8. The molecule has 12 heteroatoms. The van der Waals surface area contributed by atoms with Crippen molar-refractivity contribution < 1.29 is 31.1 Å². The quantitative estimate of drug-likeness (QED) is 0.504. The molecule has 1 fully saturated rings. The maximum absolute atomic E-state index is 12.8.